The largest absolute Gasteiger partial charge is 0.330 e. The second-order valence-corrected chi connectivity index (χ2v) is 4.50. The van der Waals surface area contributed by atoms with E-state index in [1.54, 1.807) is 6.07 Å². The van der Waals surface area contributed by atoms with Crippen LogP contribution in [0.4, 0.5) is 4.39 Å². The normalized spacial score (nSPS) is 11.9. The predicted molar refractivity (Wildman–Crippen MR) is 65.2 cm³/mol. The van der Waals surface area contributed by atoms with Gasteiger partial charge in [-0.25, -0.2) is 4.39 Å². The Bertz CT molecular complexity index is 340. The van der Waals surface area contributed by atoms with E-state index in [9.17, 15) is 4.39 Å². The summed E-state index contributed by atoms with van der Waals surface area (Å²) in [6.07, 6.45) is 3.75. The molecule has 1 aromatic carbocycles. The molecule has 2 N–H and O–H groups in total. The average Bonchev–Trinajstić information content (AvgIpc) is 2.13. The zero-order valence-electron chi connectivity index (χ0n) is 8.76. The van der Waals surface area contributed by atoms with E-state index in [-0.39, 0.29) is 5.82 Å². The van der Waals surface area contributed by atoms with Gasteiger partial charge in [0.15, 0.2) is 0 Å². The Hall–Kier alpha value is -0.670. The molecule has 0 amide bonds. The molecule has 0 fully saturated rings. The topological polar surface area (TPSA) is 26.0 Å². The molecule has 1 nitrogen and oxygen atoms in total. The second kappa shape index (κ2) is 6.03. The van der Waals surface area contributed by atoms with Crippen molar-refractivity contribution in [3.8, 4) is 0 Å². The number of benzene rings is 1. The number of rotatable bonds is 4. The van der Waals surface area contributed by atoms with E-state index >= 15 is 0 Å². The Balaban J connectivity index is 2.72. The molecule has 0 saturated heterocycles. The first-order valence-corrected chi connectivity index (χ1v) is 5.72. The highest BCUT2D eigenvalue weighted by Gasteiger charge is 1.99. The molecule has 0 aliphatic heterocycles. The van der Waals surface area contributed by atoms with Crippen LogP contribution in [0.25, 0.3) is 0 Å². The molecule has 0 radical (unpaired) electrons. The van der Waals surface area contributed by atoms with Gasteiger partial charge in [-0.1, -0.05) is 27.6 Å². The SMILES string of the molecule is CC(=CCCN)Cc1cc(F)cc(Br)c1. The van der Waals surface area contributed by atoms with E-state index in [1.165, 1.54) is 11.6 Å². The van der Waals surface area contributed by atoms with E-state index in [0.29, 0.717) is 6.54 Å². The second-order valence-electron chi connectivity index (χ2n) is 3.58. The molecule has 3 heteroatoms. The molecule has 0 heterocycles. The minimum absolute atomic E-state index is 0.203. The van der Waals surface area contributed by atoms with Crippen LogP contribution in [-0.4, -0.2) is 6.54 Å². The first kappa shape index (κ1) is 12.4. The third kappa shape index (κ3) is 4.58. The predicted octanol–water partition coefficient (Wildman–Crippen LogP) is 3.43. The van der Waals surface area contributed by atoms with E-state index in [2.05, 4.69) is 22.0 Å². The lowest BCUT2D eigenvalue weighted by Gasteiger charge is -2.03. The van der Waals surface area contributed by atoms with Crippen molar-refractivity contribution in [2.75, 3.05) is 6.54 Å². The molecule has 0 aromatic heterocycles. The van der Waals surface area contributed by atoms with Crippen LogP contribution in [-0.2, 0) is 6.42 Å². The Kier molecular flexibility index (Phi) is 4.99. The van der Waals surface area contributed by atoms with Crippen molar-refractivity contribution < 1.29 is 4.39 Å². The molecule has 0 atom stereocenters. The lowest BCUT2D eigenvalue weighted by Crippen LogP contribution is -1.97. The van der Waals surface area contributed by atoms with Gasteiger partial charge in [-0.3, -0.25) is 0 Å². The van der Waals surface area contributed by atoms with Gasteiger partial charge in [-0.05, 0) is 50.1 Å². The summed E-state index contributed by atoms with van der Waals surface area (Å²) in [7, 11) is 0. The van der Waals surface area contributed by atoms with Gasteiger partial charge in [0.05, 0.1) is 0 Å². The molecule has 82 valence electrons. The van der Waals surface area contributed by atoms with Crippen LogP contribution in [0.3, 0.4) is 0 Å². The Morgan fingerprint density at radius 2 is 2.20 bits per heavy atom. The molecule has 0 saturated carbocycles. The van der Waals surface area contributed by atoms with E-state index in [1.807, 2.05) is 13.0 Å². The molecular weight excluding hydrogens is 257 g/mol. The fraction of sp³-hybridized carbons (Fsp3) is 0.333. The number of allylic oxidation sites excluding steroid dienone is 1. The molecule has 0 aliphatic rings. The Labute approximate surface area is 98.3 Å². The van der Waals surface area contributed by atoms with Gasteiger partial charge in [0, 0.05) is 4.47 Å². The summed E-state index contributed by atoms with van der Waals surface area (Å²) in [5, 5.41) is 0. The van der Waals surface area contributed by atoms with Gasteiger partial charge in [-0.2, -0.15) is 0 Å². The van der Waals surface area contributed by atoms with Crippen LogP contribution in [0.15, 0.2) is 34.3 Å². The maximum absolute atomic E-state index is 13.1. The summed E-state index contributed by atoms with van der Waals surface area (Å²) in [6.45, 7) is 2.69. The van der Waals surface area contributed by atoms with Crippen molar-refractivity contribution in [1.82, 2.24) is 0 Å². The van der Waals surface area contributed by atoms with E-state index < -0.39 is 0 Å². The summed E-state index contributed by atoms with van der Waals surface area (Å²) >= 11 is 3.28. The van der Waals surface area contributed by atoms with Crippen molar-refractivity contribution in [2.45, 2.75) is 19.8 Å². The highest BCUT2D eigenvalue weighted by atomic mass is 79.9. The zero-order chi connectivity index (χ0) is 11.3. The highest BCUT2D eigenvalue weighted by molar-refractivity contribution is 9.10. The summed E-state index contributed by atoms with van der Waals surface area (Å²) < 4.78 is 13.8. The maximum atomic E-state index is 13.1. The van der Waals surface area contributed by atoms with Gasteiger partial charge in [0.2, 0.25) is 0 Å². The van der Waals surface area contributed by atoms with Gasteiger partial charge >= 0.3 is 0 Å². The summed E-state index contributed by atoms with van der Waals surface area (Å²) in [6, 6.07) is 4.95. The molecule has 0 unspecified atom stereocenters. The van der Waals surface area contributed by atoms with Crippen molar-refractivity contribution in [1.29, 1.82) is 0 Å². The van der Waals surface area contributed by atoms with Gasteiger partial charge in [-0.15, -0.1) is 0 Å². The van der Waals surface area contributed by atoms with Crippen molar-refractivity contribution in [3.05, 3.63) is 45.7 Å². The van der Waals surface area contributed by atoms with Crippen molar-refractivity contribution >= 4 is 15.9 Å². The lowest BCUT2D eigenvalue weighted by atomic mass is 10.1. The molecule has 0 aliphatic carbocycles. The van der Waals surface area contributed by atoms with E-state index in [4.69, 9.17) is 5.73 Å². The summed E-state index contributed by atoms with van der Waals surface area (Å²) in [5.41, 5.74) is 7.61. The highest BCUT2D eigenvalue weighted by Crippen LogP contribution is 2.17. The standard InChI is InChI=1S/C12H15BrFN/c1-9(3-2-4-15)5-10-6-11(13)8-12(14)7-10/h3,6-8H,2,4-5,15H2,1H3. The van der Waals surface area contributed by atoms with E-state index in [0.717, 1.165) is 22.9 Å². The van der Waals surface area contributed by atoms with Crippen molar-refractivity contribution in [2.24, 2.45) is 5.73 Å². The fourth-order valence-electron chi connectivity index (χ4n) is 1.44. The van der Waals surface area contributed by atoms with Crippen LogP contribution >= 0.6 is 15.9 Å². The van der Waals surface area contributed by atoms with Gasteiger partial charge in [0.25, 0.3) is 0 Å². The minimum atomic E-state index is -0.203. The summed E-state index contributed by atoms with van der Waals surface area (Å²) in [5.74, 6) is -0.203. The number of hydrogen-bond donors (Lipinski definition) is 1. The average molecular weight is 272 g/mol. The van der Waals surface area contributed by atoms with Crippen LogP contribution < -0.4 is 5.73 Å². The third-order valence-electron chi connectivity index (χ3n) is 2.06. The third-order valence-corrected chi connectivity index (χ3v) is 2.52. The van der Waals surface area contributed by atoms with Crippen LogP contribution in [0.5, 0.6) is 0 Å². The smallest absolute Gasteiger partial charge is 0.124 e. The summed E-state index contributed by atoms with van der Waals surface area (Å²) in [4.78, 5) is 0. The number of hydrogen-bond acceptors (Lipinski definition) is 1. The molecule has 1 rings (SSSR count). The molecule has 0 bridgehead atoms. The first-order valence-electron chi connectivity index (χ1n) is 4.92. The van der Waals surface area contributed by atoms with Crippen LogP contribution in [0.1, 0.15) is 18.9 Å². The lowest BCUT2D eigenvalue weighted by molar-refractivity contribution is 0.625. The molecule has 1 aromatic rings. The van der Waals surface area contributed by atoms with Gasteiger partial charge in [0.1, 0.15) is 5.82 Å². The van der Waals surface area contributed by atoms with Crippen LogP contribution in [0.2, 0.25) is 0 Å². The maximum Gasteiger partial charge on any atom is 0.124 e. The zero-order valence-corrected chi connectivity index (χ0v) is 10.3. The quantitative estimate of drug-likeness (QED) is 0.835. The minimum Gasteiger partial charge on any atom is -0.330 e. The molecular formula is C12H15BrFN. The Morgan fingerprint density at radius 1 is 1.47 bits per heavy atom. The molecule has 0 spiro atoms. The van der Waals surface area contributed by atoms with Crippen LogP contribution in [0, 0.1) is 5.82 Å². The monoisotopic (exact) mass is 271 g/mol. The number of halogens is 2. The Morgan fingerprint density at radius 3 is 2.80 bits per heavy atom. The van der Waals surface area contributed by atoms with Crippen molar-refractivity contribution in [3.63, 3.8) is 0 Å². The van der Waals surface area contributed by atoms with Gasteiger partial charge < -0.3 is 5.73 Å². The fourth-order valence-corrected chi connectivity index (χ4v) is 1.95. The molecule has 15 heavy (non-hydrogen) atoms. The first-order chi connectivity index (χ1) is 7.11. The number of nitrogens with two attached hydrogens (primary N) is 1.